The average Bonchev–Trinajstić information content (AvgIpc) is 2.87. The summed E-state index contributed by atoms with van der Waals surface area (Å²) in [4.78, 5) is 30.0. The Morgan fingerprint density at radius 1 is 1.22 bits per heavy atom. The van der Waals surface area contributed by atoms with E-state index in [4.69, 9.17) is 22.9 Å². The zero-order chi connectivity index (χ0) is 19.5. The van der Waals surface area contributed by atoms with Crippen LogP contribution in [0.3, 0.4) is 0 Å². The van der Waals surface area contributed by atoms with Crippen molar-refractivity contribution in [2.75, 3.05) is 4.90 Å². The van der Waals surface area contributed by atoms with Crippen molar-refractivity contribution in [1.29, 1.82) is 0 Å². The molecule has 7 heteroatoms. The van der Waals surface area contributed by atoms with E-state index in [2.05, 4.69) is 4.85 Å². The number of halogens is 1. The maximum Gasteiger partial charge on any atom is 0.300 e. The average molecular weight is 383 g/mol. The van der Waals surface area contributed by atoms with Crippen molar-refractivity contribution in [1.82, 2.24) is 0 Å². The van der Waals surface area contributed by atoms with Gasteiger partial charge in [-0.2, -0.15) is 0 Å². The third-order valence-corrected chi connectivity index (χ3v) is 5.21. The Morgan fingerprint density at radius 3 is 2.67 bits per heavy atom. The SMILES string of the molecule is [C-]#[N+]c1ccc2c(c1)[C@@H](N1C(=O)C(=O)c3cc(Cl)ccc31)[C@H](O)C(C)(C)O2. The van der Waals surface area contributed by atoms with Gasteiger partial charge in [0, 0.05) is 10.6 Å². The third-order valence-electron chi connectivity index (χ3n) is 4.98. The molecule has 136 valence electrons. The first kappa shape index (κ1) is 17.5. The molecule has 0 aromatic heterocycles. The number of anilines is 1. The zero-order valence-electron chi connectivity index (χ0n) is 14.6. The van der Waals surface area contributed by atoms with Gasteiger partial charge in [-0.25, -0.2) is 4.85 Å². The summed E-state index contributed by atoms with van der Waals surface area (Å²) in [7, 11) is 0. The first-order valence-corrected chi connectivity index (χ1v) is 8.68. The quantitative estimate of drug-likeness (QED) is 0.603. The van der Waals surface area contributed by atoms with Crippen molar-refractivity contribution >= 4 is 34.7 Å². The number of carbonyl (C=O) groups excluding carboxylic acids is 2. The molecule has 2 aliphatic rings. The Labute approximate surface area is 160 Å². The minimum absolute atomic E-state index is 0.201. The van der Waals surface area contributed by atoms with Gasteiger partial charge in [0.15, 0.2) is 5.69 Å². The summed E-state index contributed by atoms with van der Waals surface area (Å²) in [6.45, 7) is 10.7. The molecular formula is C20H15ClN2O4. The topological polar surface area (TPSA) is 71.2 Å². The summed E-state index contributed by atoms with van der Waals surface area (Å²) >= 11 is 5.98. The van der Waals surface area contributed by atoms with Crippen molar-refractivity contribution < 1.29 is 19.4 Å². The standard InChI is InChI=1S/C20H15ClN2O4/c1-20(2)18(25)16(13-9-11(22-3)5-7-15(13)27-20)23-14-6-4-10(21)8-12(14)17(24)19(23)26/h4-9,16,18,25H,1-2H3/t16-,18+/m1/s1. The number of ketones is 1. The predicted molar refractivity (Wildman–Crippen MR) is 99.4 cm³/mol. The summed E-state index contributed by atoms with van der Waals surface area (Å²) in [5, 5.41) is 11.4. The molecule has 0 unspecified atom stereocenters. The number of hydrogen-bond acceptors (Lipinski definition) is 4. The number of benzene rings is 2. The zero-order valence-corrected chi connectivity index (χ0v) is 15.3. The highest BCUT2D eigenvalue weighted by Gasteiger charge is 2.51. The van der Waals surface area contributed by atoms with Crippen molar-refractivity contribution in [3.63, 3.8) is 0 Å². The molecule has 0 fully saturated rings. The summed E-state index contributed by atoms with van der Waals surface area (Å²) in [6, 6.07) is 8.60. The number of hydrogen-bond donors (Lipinski definition) is 1. The van der Waals surface area contributed by atoms with Gasteiger partial charge in [0.1, 0.15) is 17.5 Å². The molecule has 2 aromatic carbocycles. The number of nitrogens with zero attached hydrogens (tertiary/aromatic N) is 2. The number of fused-ring (bicyclic) bond motifs is 2. The monoisotopic (exact) mass is 382 g/mol. The first-order chi connectivity index (χ1) is 12.7. The maximum atomic E-state index is 12.8. The van der Waals surface area contributed by atoms with Gasteiger partial charge in [0.05, 0.1) is 23.9 Å². The van der Waals surface area contributed by atoms with E-state index in [0.717, 1.165) is 0 Å². The summed E-state index contributed by atoms with van der Waals surface area (Å²) in [5.74, 6) is -0.953. The molecule has 2 heterocycles. The van der Waals surface area contributed by atoms with E-state index in [0.29, 0.717) is 27.7 Å². The number of rotatable bonds is 1. The van der Waals surface area contributed by atoms with Gasteiger partial charge in [0.2, 0.25) is 0 Å². The van der Waals surface area contributed by atoms with Crippen LogP contribution in [0.25, 0.3) is 4.85 Å². The van der Waals surface area contributed by atoms with Gasteiger partial charge < -0.3 is 9.84 Å². The van der Waals surface area contributed by atoms with Crippen LogP contribution in [0.1, 0.15) is 35.8 Å². The van der Waals surface area contributed by atoms with Gasteiger partial charge in [-0.05, 0) is 44.2 Å². The molecule has 27 heavy (non-hydrogen) atoms. The van der Waals surface area contributed by atoms with E-state index in [1.54, 1.807) is 44.2 Å². The minimum atomic E-state index is -1.12. The minimum Gasteiger partial charge on any atom is -0.485 e. The molecule has 0 radical (unpaired) electrons. The van der Waals surface area contributed by atoms with Crippen LogP contribution in [0.15, 0.2) is 36.4 Å². The highest BCUT2D eigenvalue weighted by molar-refractivity contribution is 6.52. The van der Waals surface area contributed by atoms with Gasteiger partial charge in [-0.3, -0.25) is 14.5 Å². The molecule has 4 rings (SSSR count). The fourth-order valence-electron chi connectivity index (χ4n) is 3.61. The lowest BCUT2D eigenvalue weighted by molar-refractivity contribution is -0.117. The Kier molecular flexibility index (Phi) is 3.77. The molecule has 2 atom stereocenters. The van der Waals surface area contributed by atoms with Crippen molar-refractivity contribution in [3.05, 3.63) is 64.0 Å². The molecule has 0 spiro atoms. The Hall–Kier alpha value is -2.88. The van der Waals surface area contributed by atoms with E-state index in [1.165, 1.54) is 11.0 Å². The Bertz CT molecular complexity index is 1040. The summed E-state index contributed by atoms with van der Waals surface area (Å²) in [6.07, 6.45) is -1.12. The normalized spacial score (nSPS) is 22.7. The number of carbonyl (C=O) groups is 2. The van der Waals surface area contributed by atoms with E-state index < -0.39 is 29.4 Å². The first-order valence-electron chi connectivity index (χ1n) is 8.30. The maximum absolute atomic E-state index is 12.8. The predicted octanol–water partition coefficient (Wildman–Crippen LogP) is 3.69. The molecule has 2 aliphatic heterocycles. The molecule has 1 N–H and O–H groups in total. The van der Waals surface area contributed by atoms with E-state index in [1.807, 2.05) is 0 Å². The fourth-order valence-corrected chi connectivity index (χ4v) is 3.79. The van der Waals surface area contributed by atoms with Gasteiger partial charge in [0.25, 0.3) is 11.7 Å². The van der Waals surface area contributed by atoms with Crippen LogP contribution in [0.5, 0.6) is 5.75 Å². The van der Waals surface area contributed by atoms with Gasteiger partial charge in [-0.1, -0.05) is 17.7 Å². The van der Waals surface area contributed by atoms with Crippen molar-refractivity contribution in [2.45, 2.75) is 31.6 Å². The lowest BCUT2D eigenvalue weighted by Crippen LogP contribution is -2.54. The van der Waals surface area contributed by atoms with Crippen LogP contribution in [-0.2, 0) is 4.79 Å². The Morgan fingerprint density at radius 2 is 1.96 bits per heavy atom. The fraction of sp³-hybridized carbons (Fsp3) is 0.250. The van der Waals surface area contributed by atoms with Gasteiger partial charge >= 0.3 is 0 Å². The van der Waals surface area contributed by atoms with Crippen LogP contribution in [-0.4, -0.2) is 28.5 Å². The largest absolute Gasteiger partial charge is 0.485 e. The summed E-state index contributed by atoms with van der Waals surface area (Å²) in [5.41, 5.74) is 0.417. The molecule has 6 nitrogen and oxygen atoms in total. The second kappa shape index (κ2) is 5.81. The number of aliphatic hydroxyl groups is 1. The van der Waals surface area contributed by atoms with Crippen molar-refractivity contribution in [3.8, 4) is 5.75 Å². The van der Waals surface area contributed by atoms with E-state index in [9.17, 15) is 14.7 Å². The highest BCUT2D eigenvalue weighted by Crippen LogP contribution is 2.48. The second-order valence-electron chi connectivity index (χ2n) is 7.09. The molecule has 2 aromatic rings. The van der Waals surface area contributed by atoms with E-state index in [-0.39, 0.29) is 5.56 Å². The molecule has 0 saturated carbocycles. The number of ether oxygens (including phenoxy) is 1. The van der Waals surface area contributed by atoms with Crippen LogP contribution < -0.4 is 9.64 Å². The molecule has 0 saturated heterocycles. The summed E-state index contributed by atoms with van der Waals surface area (Å²) < 4.78 is 5.89. The molecule has 0 bridgehead atoms. The number of amides is 1. The number of aliphatic hydroxyl groups excluding tert-OH is 1. The van der Waals surface area contributed by atoms with Crippen LogP contribution >= 0.6 is 11.6 Å². The smallest absolute Gasteiger partial charge is 0.300 e. The van der Waals surface area contributed by atoms with E-state index >= 15 is 0 Å². The molecule has 0 aliphatic carbocycles. The molecule has 1 amide bonds. The van der Waals surface area contributed by atoms with Crippen molar-refractivity contribution in [2.24, 2.45) is 0 Å². The van der Waals surface area contributed by atoms with Gasteiger partial charge in [-0.15, -0.1) is 0 Å². The third kappa shape index (κ3) is 2.51. The number of Topliss-reactive ketones (excluding diaryl/α,β-unsaturated/α-hetero) is 1. The molecular weight excluding hydrogens is 368 g/mol. The Balaban J connectivity index is 1.95. The second-order valence-corrected chi connectivity index (χ2v) is 7.53. The van der Waals surface area contributed by atoms with Crippen LogP contribution in [0, 0.1) is 6.57 Å². The lowest BCUT2D eigenvalue weighted by Gasteiger charge is -2.45. The highest BCUT2D eigenvalue weighted by atomic mass is 35.5. The lowest BCUT2D eigenvalue weighted by atomic mass is 9.85. The van der Waals surface area contributed by atoms with Crippen LogP contribution in [0.4, 0.5) is 11.4 Å². The van der Waals surface area contributed by atoms with Crippen LogP contribution in [0.2, 0.25) is 5.02 Å².